The summed E-state index contributed by atoms with van der Waals surface area (Å²) in [6.45, 7) is 8.85. The molecule has 1 saturated carbocycles. The summed E-state index contributed by atoms with van der Waals surface area (Å²) in [6, 6.07) is 7.39. The molecule has 1 amide bonds. The molecule has 1 aliphatic rings. The van der Waals surface area contributed by atoms with Crippen molar-refractivity contribution in [2.24, 2.45) is 5.92 Å². The largest absolute Gasteiger partial charge is 0.491 e. The van der Waals surface area contributed by atoms with Crippen LogP contribution in [0.4, 0.5) is 5.69 Å². The number of nitrogens with one attached hydrogen (secondary N) is 1. The van der Waals surface area contributed by atoms with Crippen LogP contribution >= 0.6 is 0 Å². The molecule has 0 saturated heterocycles. The van der Waals surface area contributed by atoms with Gasteiger partial charge in [0.25, 0.3) is 5.91 Å². The minimum absolute atomic E-state index is 0.0759. The molecule has 27 heavy (non-hydrogen) atoms. The zero-order valence-corrected chi connectivity index (χ0v) is 17.0. The summed E-state index contributed by atoms with van der Waals surface area (Å²) in [6.07, 6.45) is 5.22. The van der Waals surface area contributed by atoms with Crippen molar-refractivity contribution in [1.82, 2.24) is 0 Å². The van der Waals surface area contributed by atoms with Crippen molar-refractivity contribution in [1.29, 1.82) is 5.26 Å². The van der Waals surface area contributed by atoms with E-state index in [4.69, 9.17) is 9.47 Å². The van der Waals surface area contributed by atoms with E-state index in [2.05, 4.69) is 18.3 Å². The number of benzene rings is 1. The maximum absolute atomic E-state index is 13.1. The fraction of sp³-hybridized carbons (Fsp3) is 0.636. The van der Waals surface area contributed by atoms with Crippen molar-refractivity contribution in [2.45, 2.75) is 77.9 Å². The first kappa shape index (κ1) is 21.2. The third-order valence-corrected chi connectivity index (χ3v) is 5.35. The van der Waals surface area contributed by atoms with E-state index < -0.39 is 5.60 Å². The van der Waals surface area contributed by atoms with E-state index in [0.717, 1.165) is 38.5 Å². The van der Waals surface area contributed by atoms with E-state index >= 15 is 0 Å². The molecule has 0 bridgehead atoms. The Bertz CT molecular complexity index is 667. The minimum atomic E-state index is -0.791. The summed E-state index contributed by atoms with van der Waals surface area (Å²) in [7, 11) is 0. The smallest absolute Gasteiger partial charge is 0.256 e. The second-order valence-corrected chi connectivity index (χ2v) is 7.64. The van der Waals surface area contributed by atoms with Gasteiger partial charge in [-0.3, -0.25) is 4.79 Å². The number of ether oxygens (including phenoxy) is 2. The number of nitrogens with zero attached hydrogens (tertiary/aromatic N) is 1. The summed E-state index contributed by atoms with van der Waals surface area (Å²) in [5.41, 5.74) is 0.122. The molecule has 0 radical (unpaired) electrons. The van der Waals surface area contributed by atoms with Crippen molar-refractivity contribution in [3.05, 3.63) is 23.8 Å². The number of carbonyl (C=O) groups excluding carboxylic acids is 1. The van der Waals surface area contributed by atoms with Crippen LogP contribution in [-0.4, -0.2) is 24.2 Å². The van der Waals surface area contributed by atoms with Crippen LogP contribution in [0.15, 0.2) is 18.2 Å². The molecule has 5 nitrogen and oxygen atoms in total. The SMILES string of the molecule is CCCOC1(C(=O)Nc2ccc(OC(C)CC)cc2C#N)CCC(C)CC1. The van der Waals surface area contributed by atoms with Gasteiger partial charge in [0.1, 0.15) is 17.4 Å². The summed E-state index contributed by atoms with van der Waals surface area (Å²) >= 11 is 0. The van der Waals surface area contributed by atoms with Gasteiger partial charge in [0, 0.05) is 12.7 Å². The van der Waals surface area contributed by atoms with Gasteiger partial charge < -0.3 is 14.8 Å². The van der Waals surface area contributed by atoms with Crippen LogP contribution in [0.5, 0.6) is 5.75 Å². The molecule has 1 aliphatic carbocycles. The number of hydrogen-bond acceptors (Lipinski definition) is 4. The highest BCUT2D eigenvalue weighted by Crippen LogP contribution is 2.36. The fourth-order valence-corrected chi connectivity index (χ4v) is 3.31. The molecule has 5 heteroatoms. The molecular formula is C22H32N2O3. The van der Waals surface area contributed by atoms with Crippen molar-refractivity contribution < 1.29 is 14.3 Å². The van der Waals surface area contributed by atoms with Crippen molar-refractivity contribution in [3.8, 4) is 11.8 Å². The fourth-order valence-electron chi connectivity index (χ4n) is 3.31. The molecule has 0 spiro atoms. The Hall–Kier alpha value is -2.06. The van der Waals surface area contributed by atoms with Crippen LogP contribution in [0.25, 0.3) is 0 Å². The maximum atomic E-state index is 13.1. The molecule has 0 aliphatic heterocycles. The highest BCUT2D eigenvalue weighted by Gasteiger charge is 2.42. The van der Waals surface area contributed by atoms with Gasteiger partial charge >= 0.3 is 0 Å². The zero-order valence-electron chi connectivity index (χ0n) is 17.0. The van der Waals surface area contributed by atoms with Crippen LogP contribution in [0.3, 0.4) is 0 Å². The van der Waals surface area contributed by atoms with Gasteiger partial charge in [-0.15, -0.1) is 0 Å². The van der Waals surface area contributed by atoms with E-state index in [1.165, 1.54) is 0 Å². The van der Waals surface area contributed by atoms with Gasteiger partial charge in [-0.25, -0.2) is 0 Å². The van der Waals surface area contributed by atoms with E-state index in [-0.39, 0.29) is 12.0 Å². The average molecular weight is 373 g/mol. The molecule has 1 aromatic carbocycles. The van der Waals surface area contributed by atoms with Crippen LogP contribution in [0.2, 0.25) is 0 Å². The molecule has 1 unspecified atom stereocenters. The Labute approximate surface area is 163 Å². The van der Waals surface area contributed by atoms with Crippen LogP contribution in [0, 0.1) is 17.2 Å². The van der Waals surface area contributed by atoms with Gasteiger partial charge in [-0.1, -0.05) is 20.8 Å². The maximum Gasteiger partial charge on any atom is 0.256 e. The summed E-state index contributed by atoms with van der Waals surface area (Å²) in [4.78, 5) is 13.1. The highest BCUT2D eigenvalue weighted by molar-refractivity contribution is 5.98. The third-order valence-electron chi connectivity index (χ3n) is 5.35. The van der Waals surface area contributed by atoms with Crippen LogP contribution < -0.4 is 10.1 Å². The van der Waals surface area contributed by atoms with Gasteiger partial charge in [0.15, 0.2) is 0 Å². The normalized spacial score (nSPS) is 23.3. The molecule has 148 valence electrons. The van der Waals surface area contributed by atoms with E-state index in [0.29, 0.717) is 29.5 Å². The Morgan fingerprint density at radius 1 is 1.37 bits per heavy atom. The molecule has 1 atom stereocenters. The third kappa shape index (κ3) is 5.46. The van der Waals surface area contributed by atoms with Crippen LogP contribution in [0.1, 0.15) is 71.8 Å². The van der Waals surface area contributed by atoms with E-state index in [9.17, 15) is 10.1 Å². The van der Waals surface area contributed by atoms with Gasteiger partial charge in [0.05, 0.1) is 17.4 Å². The lowest BCUT2D eigenvalue weighted by Gasteiger charge is -2.38. The van der Waals surface area contributed by atoms with Crippen molar-refractivity contribution in [2.75, 3.05) is 11.9 Å². The van der Waals surface area contributed by atoms with E-state index in [1.807, 2.05) is 20.8 Å². The first-order valence-electron chi connectivity index (χ1n) is 10.1. The lowest BCUT2D eigenvalue weighted by molar-refractivity contribution is -0.147. The van der Waals surface area contributed by atoms with Gasteiger partial charge in [-0.2, -0.15) is 5.26 Å². The predicted octanol–water partition coefficient (Wildman–Crippen LogP) is 5.05. The number of amides is 1. The Morgan fingerprint density at radius 2 is 2.07 bits per heavy atom. The lowest BCUT2D eigenvalue weighted by atomic mass is 9.78. The first-order valence-corrected chi connectivity index (χ1v) is 10.1. The molecule has 0 aromatic heterocycles. The molecule has 0 heterocycles. The molecule has 1 N–H and O–H groups in total. The van der Waals surface area contributed by atoms with Gasteiger partial charge in [-0.05, 0) is 63.5 Å². The minimum Gasteiger partial charge on any atom is -0.491 e. The Morgan fingerprint density at radius 3 is 2.67 bits per heavy atom. The second-order valence-electron chi connectivity index (χ2n) is 7.64. The topological polar surface area (TPSA) is 71.3 Å². The lowest BCUT2D eigenvalue weighted by Crippen LogP contribution is -2.48. The summed E-state index contributed by atoms with van der Waals surface area (Å²) in [5.74, 6) is 1.11. The average Bonchev–Trinajstić information content (AvgIpc) is 2.68. The molecular weight excluding hydrogens is 340 g/mol. The quantitative estimate of drug-likeness (QED) is 0.693. The number of carbonyl (C=O) groups is 1. The second kappa shape index (κ2) is 9.75. The number of anilines is 1. The number of nitriles is 1. The monoisotopic (exact) mass is 372 g/mol. The summed E-state index contributed by atoms with van der Waals surface area (Å²) < 4.78 is 11.8. The number of rotatable bonds is 8. The standard InChI is InChI=1S/C22H32N2O3/c1-5-13-26-22(11-9-16(3)10-12-22)21(25)24-20-8-7-19(14-18(20)15-23)27-17(4)6-2/h7-8,14,16-17H,5-6,9-13H2,1-4H3,(H,24,25). The first-order chi connectivity index (χ1) is 12.9. The molecule has 2 rings (SSSR count). The number of hydrogen-bond donors (Lipinski definition) is 1. The van der Waals surface area contributed by atoms with E-state index in [1.54, 1.807) is 18.2 Å². The Balaban J connectivity index is 2.18. The Kier molecular flexibility index (Phi) is 7.67. The van der Waals surface area contributed by atoms with Gasteiger partial charge in [0.2, 0.25) is 0 Å². The highest BCUT2D eigenvalue weighted by atomic mass is 16.5. The van der Waals surface area contributed by atoms with Crippen molar-refractivity contribution >= 4 is 11.6 Å². The predicted molar refractivity (Wildman–Crippen MR) is 107 cm³/mol. The van der Waals surface area contributed by atoms with Crippen LogP contribution in [-0.2, 0) is 9.53 Å². The molecule has 1 aromatic rings. The zero-order chi connectivity index (χ0) is 19.9. The van der Waals surface area contributed by atoms with Crippen molar-refractivity contribution in [3.63, 3.8) is 0 Å². The molecule has 1 fully saturated rings. The summed E-state index contributed by atoms with van der Waals surface area (Å²) in [5, 5.41) is 12.5.